The summed E-state index contributed by atoms with van der Waals surface area (Å²) in [5.74, 6) is -2.12. The van der Waals surface area contributed by atoms with Crippen LogP contribution in [0.3, 0.4) is 0 Å². The molecule has 4 aromatic rings. The summed E-state index contributed by atoms with van der Waals surface area (Å²) in [7, 11) is 0. The number of benzene rings is 4. The minimum atomic E-state index is -0.878. The number of rotatable bonds is 8. The van der Waals surface area contributed by atoms with Crippen LogP contribution < -0.4 is 10.6 Å². The summed E-state index contributed by atoms with van der Waals surface area (Å²) >= 11 is 5.41. The van der Waals surface area contributed by atoms with Gasteiger partial charge in [-0.2, -0.15) is 0 Å². The minimum Gasteiger partial charge on any atom is -0.394 e. The van der Waals surface area contributed by atoms with E-state index in [-0.39, 0.29) is 34.4 Å². The molecule has 3 N–H and O–H groups in total. The number of aliphatic hydroxyl groups is 1. The lowest BCUT2D eigenvalue weighted by Crippen LogP contribution is -2.55. The van der Waals surface area contributed by atoms with E-state index >= 15 is 0 Å². The first-order chi connectivity index (χ1) is 21.4. The quantitative estimate of drug-likeness (QED) is 0.216. The molecule has 7 rings (SSSR count). The number of carbonyl (C=O) groups is 3. The van der Waals surface area contributed by atoms with Crippen molar-refractivity contribution in [2.24, 2.45) is 11.8 Å². The first-order valence-corrected chi connectivity index (χ1v) is 16.6. The summed E-state index contributed by atoms with van der Waals surface area (Å²) in [6.45, 7) is -0.310. The van der Waals surface area contributed by atoms with Crippen molar-refractivity contribution < 1.29 is 19.5 Å². The smallest absolute Gasteiger partial charge is 0.248 e. The molecule has 3 amide bonds. The zero-order chi connectivity index (χ0) is 30.4. The number of carbonyl (C=O) groups excluding carboxylic acids is 3. The predicted octanol–water partition coefficient (Wildman–Crippen LogP) is 5.49. The van der Waals surface area contributed by atoms with Crippen LogP contribution >= 0.6 is 27.7 Å². The van der Waals surface area contributed by atoms with Gasteiger partial charge in [0.05, 0.1) is 29.2 Å². The molecular weight excluding hydrogens is 638 g/mol. The van der Waals surface area contributed by atoms with Gasteiger partial charge in [-0.25, -0.2) is 0 Å². The highest BCUT2D eigenvalue weighted by atomic mass is 79.9. The Kier molecular flexibility index (Phi) is 7.72. The number of aliphatic hydroxyl groups excluding tert-OH is 1. The maximum atomic E-state index is 14.6. The number of hydrogen-bond acceptors (Lipinski definition) is 5. The van der Waals surface area contributed by atoms with Gasteiger partial charge in [0, 0.05) is 21.5 Å². The van der Waals surface area contributed by atoms with E-state index in [1.165, 1.54) is 0 Å². The second-order valence-corrected chi connectivity index (χ2v) is 14.6. The van der Waals surface area contributed by atoms with E-state index in [1.807, 2.05) is 103 Å². The third-order valence-corrected chi connectivity index (χ3v) is 12.5. The average Bonchev–Trinajstić information content (AvgIpc) is 3.64. The second kappa shape index (κ2) is 11.7. The van der Waals surface area contributed by atoms with Gasteiger partial charge in [0.15, 0.2) is 0 Å². The van der Waals surface area contributed by atoms with E-state index in [2.05, 4.69) is 26.6 Å². The van der Waals surface area contributed by atoms with Gasteiger partial charge in [-0.05, 0) is 53.4 Å². The number of halogens is 1. The van der Waals surface area contributed by atoms with Crippen molar-refractivity contribution in [3.8, 4) is 0 Å². The number of hydrogen-bond donors (Lipinski definition) is 3. The van der Waals surface area contributed by atoms with Gasteiger partial charge in [-0.1, -0.05) is 94.8 Å². The number of fused-ring (bicyclic) bond motifs is 2. The zero-order valence-electron chi connectivity index (χ0n) is 23.8. The first kappa shape index (κ1) is 29.1. The number of nitrogens with one attached hydrogen (secondary N) is 2. The van der Waals surface area contributed by atoms with Crippen molar-refractivity contribution in [3.63, 3.8) is 0 Å². The third-order valence-electron chi connectivity index (χ3n) is 9.25. The fourth-order valence-electron chi connectivity index (χ4n) is 7.42. The number of nitrogens with zero attached hydrogens (tertiary/aromatic N) is 1. The second-order valence-electron chi connectivity index (χ2n) is 11.8. The molecule has 1 spiro atoms. The largest absolute Gasteiger partial charge is 0.394 e. The normalized spacial score (nSPS) is 27.7. The van der Waals surface area contributed by atoms with Crippen molar-refractivity contribution in [1.82, 2.24) is 4.90 Å². The van der Waals surface area contributed by atoms with Gasteiger partial charge in [-0.3, -0.25) is 14.4 Å². The van der Waals surface area contributed by atoms with E-state index in [0.29, 0.717) is 24.2 Å². The van der Waals surface area contributed by atoms with Crippen LogP contribution in [0, 0.1) is 11.8 Å². The fraction of sp³-hybridized carbons (Fsp3) is 0.286. The van der Waals surface area contributed by atoms with E-state index in [1.54, 1.807) is 16.7 Å². The molecule has 3 heterocycles. The zero-order valence-corrected chi connectivity index (χ0v) is 26.2. The van der Waals surface area contributed by atoms with E-state index in [9.17, 15) is 19.5 Å². The van der Waals surface area contributed by atoms with Gasteiger partial charge in [-0.15, -0.1) is 11.8 Å². The van der Waals surface area contributed by atoms with E-state index in [4.69, 9.17) is 0 Å². The van der Waals surface area contributed by atoms with Crippen molar-refractivity contribution >= 4 is 67.6 Å². The number of anilines is 2. The molecule has 224 valence electrons. The average molecular weight is 671 g/mol. The Bertz CT molecular complexity index is 1720. The van der Waals surface area contributed by atoms with Crippen LogP contribution in [0.25, 0.3) is 10.8 Å². The Morgan fingerprint density at radius 1 is 0.886 bits per heavy atom. The maximum absolute atomic E-state index is 14.6. The Hall–Kier alpha value is -3.66. The van der Waals surface area contributed by atoms with E-state index in [0.717, 1.165) is 16.3 Å². The lowest BCUT2D eigenvalue weighted by Gasteiger charge is -2.37. The molecule has 2 bridgehead atoms. The predicted molar refractivity (Wildman–Crippen MR) is 178 cm³/mol. The van der Waals surface area contributed by atoms with Crippen LogP contribution in [0.2, 0.25) is 0 Å². The van der Waals surface area contributed by atoms with Crippen LogP contribution in [0.4, 0.5) is 11.4 Å². The number of thioether (sulfide) groups is 1. The first-order valence-electron chi connectivity index (χ1n) is 14.8. The Labute approximate surface area is 268 Å². The highest BCUT2D eigenvalue weighted by Crippen LogP contribution is 2.68. The molecule has 3 aliphatic heterocycles. The third kappa shape index (κ3) is 4.91. The molecule has 44 heavy (non-hydrogen) atoms. The number of para-hydroxylation sites is 1. The van der Waals surface area contributed by atoms with Crippen molar-refractivity contribution in [1.29, 1.82) is 0 Å². The highest BCUT2D eigenvalue weighted by Gasteiger charge is 2.76. The topological polar surface area (TPSA) is 98.7 Å². The summed E-state index contributed by atoms with van der Waals surface area (Å²) in [6.07, 6.45) is 0.946. The monoisotopic (exact) mass is 669 g/mol. The number of alkyl halides is 1. The Balaban J connectivity index is 1.27. The molecular formula is C35H32BrN3O4S. The molecule has 0 radical (unpaired) electrons. The van der Waals surface area contributed by atoms with E-state index < -0.39 is 28.7 Å². The lowest BCUT2D eigenvalue weighted by molar-refractivity contribution is -0.141. The van der Waals surface area contributed by atoms with Crippen molar-refractivity contribution in [3.05, 3.63) is 109 Å². The molecule has 7 nitrogen and oxygen atoms in total. The minimum absolute atomic E-state index is 0.0549. The molecule has 0 saturated carbocycles. The standard InChI is InChI=1S/C35H32BrN3O4S/c36-27-19-35-29(28(30(27)44-35)32(41)37-24-13-5-2-6-14-24)34(43)39(26(20-40)17-21-9-3-1-4-10-21)31(35)33(42)38-25-16-15-22-11-7-8-12-23(22)18-25/h1-16,18,26-31,40H,17,19-20H2,(H,37,41)(H,38,42)/t26-,27?,28+,29+,30+,31?,35?/m1/s1. The Morgan fingerprint density at radius 2 is 1.55 bits per heavy atom. The maximum Gasteiger partial charge on any atom is 0.248 e. The summed E-state index contributed by atoms with van der Waals surface area (Å²) in [4.78, 5) is 44.5. The van der Waals surface area contributed by atoms with Gasteiger partial charge in [0.2, 0.25) is 17.7 Å². The molecule has 9 heteroatoms. The molecule has 0 aliphatic carbocycles. The molecule has 3 saturated heterocycles. The molecule has 7 atom stereocenters. The summed E-state index contributed by atoms with van der Waals surface area (Å²) in [5.41, 5.74) is 2.25. The van der Waals surface area contributed by atoms with Crippen LogP contribution in [0.1, 0.15) is 12.0 Å². The highest BCUT2D eigenvalue weighted by molar-refractivity contribution is 9.09. The summed E-state index contributed by atoms with van der Waals surface area (Å²) in [5, 5.41) is 18.7. The van der Waals surface area contributed by atoms with Crippen LogP contribution in [0.15, 0.2) is 103 Å². The van der Waals surface area contributed by atoms with Gasteiger partial charge >= 0.3 is 0 Å². The van der Waals surface area contributed by atoms with Crippen molar-refractivity contribution in [2.75, 3.05) is 17.2 Å². The van der Waals surface area contributed by atoms with Gasteiger partial charge in [0.1, 0.15) is 6.04 Å². The number of likely N-dealkylation sites (tertiary alicyclic amines) is 1. The molecule has 3 fully saturated rings. The fourth-order valence-corrected chi connectivity index (χ4v) is 11.0. The molecule has 4 aromatic carbocycles. The number of amides is 3. The molecule has 3 aliphatic rings. The van der Waals surface area contributed by atoms with Gasteiger partial charge in [0.25, 0.3) is 0 Å². The summed E-state index contributed by atoms with van der Waals surface area (Å²) in [6, 6.07) is 31.1. The van der Waals surface area contributed by atoms with Crippen molar-refractivity contribution in [2.45, 2.75) is 39.7 Å². The van der Waals surface area contributed by atoms with Crippen LogP contribution in [0.5, 0.6) is 0 Å². The lowest BCUT2D eigenvalue weighted by atomic mass is 9.70. The summed E-state index contributed by atoms with van der Waals surface area (Å²) < 4.78 is -0.834. The molecule has 0 aromatic heterocycles. The molecule has 3 unspecified atom stereocenters. The Morgan fingerprint density at radius 3 is 2.27 bits per heavy atom. The van der Waals surface area contributed by atoms with Crippen LogP contribution in [-0.4, -0.2) is 61.2 Å². The van der Waals surface area contributed by atoms with Crippen LogP contribution in [-0.2, 0) is 20.8 Å². The SMILES string of the molecule is O=C(Nc1ccc2ccccc2c1)C1N([C@@H](CO)Cc2ccccc2)C(=O)[C@@H]2[C@H](C(=O)Nc3ccccc3)[C@H]3SC12CC3Br. The van der Waals surface area contributed by atoms with Gasteiger partial charge < -0.3 is 20.6 Å².